The second kappa shape index (κ2) is 9.30. The van der Waals surface area contributed by atoms with Crippen LogP contribution in [0.5, 0.6) is 23.1 Å². The second-order valence-corrected chi connectivity index (χ2v) is 7.82. The predicted molar refractivity (Wildman–Crippen MR) is 127 cm³/mol. The minimum Gasteiger partial charge on any atom is -0.493 e. The number of methoxy groups -OCH3 is 1. The summed E-state index contributed by atoms with van der Waals surface area (Å²) in [5, 5.41) is 1.04. The minimum absolute atomic E-state index is 0.0819. The molecular weight excluding hydrogens is 437 g/mol. The van der Waals surface area contributed by atoms with Gasteiger partial charge in [-0.05, 0) is 30.7 Å². The Kier molecular flexibility index (Phi) is 5.90. The third kappa shape index (κ3) is 4.32. The summed E-state index contributed by atoms with van der Waals surface area (Å²) in [6.07, 6.45) is 11.9. The first-order valence-corrected chi connectivity index (χ1v) is 10.9. The van der Waals surface area contributed by atoms with Crippen LogP contribution in [0.25, 0.3) is 21.8 Å². The summed E-state index contributed by atoms with van der Waals surface area (Å²) in [4.78, 5) is 15.6. The average Bonchev–Trinajstić information content (AvgIpc) is 3.34. The van der Waals surface area contributed by atoms with E-state index in [1.165, 1.54) is 6.33 Å². The van der Waals surface area contributed by atoms with Gasteiger partial charge >= 0.3 is 0 Å². The molecule has 8 nitrogen and oxygen atoms in total. The SMILES string of the molecule is COc1cc2c(Oc3ccc4[nH]ccc4c3F)ncnc2cc1OCCCN1C=CN(C)C=C1. The lowest BCUT2D eigenvalue weighted by atomic mass is 10.2. The van der Waals surface area contributed by atoms with Crippen LogP contribution in [0.4, 0.5) is 4.39 Å². The Balaban J connectivity index is 1.33. The van der Waals surface area contributed by atoms with Crippen LogP contribution in [0.2, 0.25) is 0 Å². The molecule has 0 atom stereocenters. The largest absolute Gasteiger partial charge is 0.493 e. The zero-order valence-electron chi connectivity index (χ0n) is 18.9. The van der Waals surface area contributed by atoms with Crippen molar-refractivity contribution < 1.29 is 18.6 Å². The molecule has 5 rings (SSSR count). The van der Waals surface area contributed by atoms with Gasteiger partial charge in [-0.25, -0.2) is 14.4 Å². The summed E-state index contributed by atoms with van der Waals surface area (Å²) in [7, 11) is 3.55. The highest BCUT2D eigenvalue weighted by Gasteiger charge is 2.16. The van der Waals surface area contributed by atoms with Crippen LogP contribution in [0.1, 0.15) is 6.42 Å². The van der Waals surface area contributed by atoms with Crippen LogP contribution >= 0.6 is 0 Å². The first-order chi connectivity index (χ1) is 16.6. The molecule has 1 aliphatic rings. The molecule has 34 heavy (non-hydrogen) atoms. The van der Waals surface area contributed by atoms with Gasteiger partial charge in [-0.2, -0.15) is 0 Å². The highest BCUT2D eigenvalue weighted by Crippen LogP contribution is 2.37. The monoisotopic (exact) mass is 461 g/mol. The molecule has 174 valence electrons. The summed E-state index contributed by atoms with van der Waals surface area (Å²) in [5.74, 6) is 0.954. The highest BCUT2D eigenvalue weighted by molar-refractivity contribution is 5.87. The molecule has 1 N–H and O–H groups in total. The Morgan fingerprint density at radius 1 is 0.971 bits per heavy atom. The molecule has 0 saturated heterocycles. The van der Waals surface area contributed by atoms with Crippen molar-refractivity contribution in [2.75, 3.05) is 27.3 Å². The number of nitrogens with zero attached hydrogens (tertiary/aromatic N) is 4. The van der Waals surface area contributed by atoms with Gasteiger partial charge < -0.3 is 29.0 Å². The molecule has 1 aliphatic heterocycles. The summed E-state index contributed by atoms with van der Waals surface area (Å²) < 4.78 is 32.3. The minimum atomic E-state index is -0.456. The topological polar surface area (TPSA) is 75.7 Å². The maximum absolute atomic E-state index is 14.9. The van der Waals surface area contributed by atoms with Gasteiger partial charge in [0.05, 0.1) is 24.6 Å². The Morgan fingerprint density at radius 3 is 2.65 bits per heavy atom. The standard InChI is InChI=1S/C25H24FN5O3/c1-30-9-11-31(12-10-30)8-3-13-33-23-15-20-18(14-22(23)32-2)25(29-16-28-20)34-21-5-4-19-17(24(21)26)6-7-27-19/h4-7,9-12,14-16,27H,3,8,13H2,1-2H3. The van der Waals surface area contributed by atoms with E-state index in [1.807, 2.05) is 36.7 Å². The van der Waals surface area contributed by atoms with Crippen molar-refractivity contribution in [3.63, 3.8) is 0 Å². The summed E-state index contributed by atoms with van der Waals surface area (Å²) in [6, 6.07) is 8.53. The van der Waals surface area contributed by atoms with Gasteiger partial charge in [-0.15, -0.1) is 0 Å². The molecule has 0 fully saturated rings. The molecule has 0 spiro atoms. The van der Waals surface area contributed by atoms with Gasteiger partial charge in [0.1, 0.15) is 6.33 Å². The van der Waals surface area contributed by atoms with Crippen LogP contribution < -0.4 is 14.2 Å². The van der Waals surface area contributed by atoms with Gasteiger partial charge in [-0.1, -0.05) is 0 Å². The van der Waals surface area contributed by atoms with Gasteiger partial charge in [0.25, 0.3) is 0 Å². The summed E-state index contributed by atoms with van der Waals surface area (Å²) in [5.41, 5.74) is 1.30. The van der Waals surface area contributed by atoms with E-state index in [9.17, 15) is 4.39 Å². The van der Waals surface area contributed by atoms with Crippen molar-refractivity contribution in [3.05, 3.63) is 73.5 Å². The smallest absolute Gasteiger partial charge is 0.230 e. The number of nitrogens with one attached hydrogen (secondary N) is 1. The molecule has 0 unspecified atom stereocenters. The van der Waals surface area contributed by atoms with E-state index in [0.717, 1.165) is 13.0 Å². The highest BCUT2D eigenvalue weighted by atomic mass is 19.1. The third-order valence-electron chi connectivity index (χ3n) is 5.53. The number of rotatable bonds is 8. The van der Waals surface area contributed by atoms with E-state index in [1.54, 1.807) is 43.6 Å². The molecule has 0 radical (unpaired) electrons. The molecule has 0 aliphatic carbocycles. The molecule has 3 heterocycles. The number of ether oxygens (including phenoxy) is 3. The number of H-pyrrole nitrogens is 1. The van der Waals surface area contributed by atoms with Crippen molar-refractivity contribution in [2.45, 2.75) is 6.42 Å². The number of fused-ring (bicyclic) bond motifs is 2. The number of halogens is 1. The van der Waals surface area contributed by atoms with Gasteiger partial charge in [0, 0.05) is 61.6 Å². The van der Waals surface area contributed by atoms with E-state index in [2.05, 4.69) is 19.9 Å². The number of hydrogen-bond acceptors (Lipinski definition) is 7. The zero-order valence-corrected chi connectivity index (χ0v) is 18.9. The van der Waals surface area contributed by atoms with Crippen molar-refractivity contribution in [1.29, 1.82) is 0 Å². The summed E-state index contributed by atoms with van der Waals surface area (Å²) >= 11 is 0. The predicted octanol–water partition coefficient (Wildman–Crippen LogP) is 5.01. The lowest BCUT2D eigenvalue weighted by Gasteiger charge is -2.22. The van der Waals surface area contributed by atoms with Gasteiger partial charge in [0.2, 0.25) is 5.88 Å². The fraction of sp³-hybridized carbons (Fsp3) is 0.200. The van der Waals surface area contributed by atoms with Crippen molar-refractivity contribution in [3.8, 4) is 23.1 Å². The van der Waals surface area contributed by atoms with Crippen LogP contribution in [-0.4, -0.2) is 52.1 Å². The molecule has 4 aromatic rings. The zero-order chi connectivity index (χ0) is 23.5. The fourth-order valence-corrected chi connectivity index (χ4v) is 3.71. The van der Waals surface area contributed by atoms with E-state index in [0.29, 0.717) is 39.9 Å². The maximum atomic E-state index is 14.9. The Labute approximate surface area is 195 Å². The van der Waals surface area contributed by atoms with E-state index >= 15 is 0 Å². The quantitative estimate of drug-likeness (QED) is 0.370. The van der Waals surface area contributed by atoms with Crippen molar-refractivity contribution in [2.24, 2.45) is 0 Å². The van der Waals surface area contributed by atoms with Crippen LogP contribution in [0.15, 0.2) is 67.7 Å². The lowest BCUT2D eigenvalue weighted by molar-refractivity contribution is 0.276. The van der Waals surface area contributed by atoms with E-state index < -0.39 is 5.82 Å². The first-order valence-electron chi connectivity index (χ1n) is 10.9. The lowest BCUT2D eigenvalue weighted by Crippen LogP contribution is -2.19. The van der Waals surface area contributed by atoms with E-state index in [4.69, 9.17) is 14.2 Å². The Morgan fingerprint density at radius 2 is 1.82 bits per heavy atom. The fourth-order valence-electron chi connectivity index (χ4n) is 3.71. The third-order valence-corrected chi connectivity index (χ3v) is 5.53. The Hall–Kier alpha value is -4.27. The van der Waals surface area contributed by atoms with Crippen LogP contribution in [0.3, 0.4) is 0 Å². The van der Waals surface area contributed by atoms with E-state index in [-0.39, 0.29) is 11.6 Å². The number of hydrogen-bond donors (Lipinski definition) is 1. The first kappa shape index (κ1) is 21.6. The molecule has 2 aromatic heterocycles. The normalized spacial score (nSPS) is 13.1. The molecule has 0 saturated carbocycles. The molecule has 9 heteroatoms. The molecule has 2 aromatic carbocycles. The van der Waals surface area contributed by atoms with Crippen LogP contribution in [-0.2, 0) is 0 Å². The van der Waals surface area contributed by atoms with Crippen LogP contribution in [0, 0.1) is 5.82 Å². The number of aromatic nitrogens is 3. The molecule has 0 amide bonds. The van der Waals surface area contributed by atoms with Gasteiger partial charge in [0.15, 0.2) is 23.1 Å². The van der Waals surface area contributed by atoms with Crippen molar-refractivity contribution in [1.82, 2.24) is 24.8 Å². The summed E-state index contributed by atoms with van der Waals surface area (Å²) in [6.45, 7) is 1.33. The van der Waals surface area contributed by atoms with Crippen molar-refractivity contribution >= 4 is 21.8 Å². The second-order valence-electron chi connectivity index (χ2n) is 7.82. The maximum Gasteiger partial charge on any atom is 0.230 e. The molecular formula is C25H24FN5O3. The average molecular weight is 461 g/mol. The molecule has 0 bridgehead atoms. The van der Waals surface area contributed by atoms with Gasteiger partial charge in [-0.3, -0.25) is 0 Å². The number of benzene rings is 2. The Bertz CT molecular complexity index is 1370. The number of aromatic amines is 1.